The summed E-state index contributed by atoms with van der Waals surface area (Å²) in [6.45, 7) is 1.61. The Balaban J connectivity index is 2.01. The third-order valence-electron chi connectivity index (χ3n) is 3.35. The Labute approximate surface area is 94.2 Å². The van der Waals surface area contributed by atoms with E-state index in [1.165, 1.54) is 5.56 Å². The maximum Gasteiger partial charge on any atom is 0.243 e. The highest BCUT2D eigenvalue weighted by Crippen LogP contribution is 2.35. The number of fused-ring (bicyclic) bond motifs is 3. The van der Waals surface area contributed by atoms with Gasteiger partial charge in [-0.05, 0) is 11.6 Å². The average Bonchev–Trinajstić information content (AvgIpc) is 2.68. The Bertz CT molecular complexity index is 445. The van der Waals surface area contributed by atoms with Crippen LogP contribution in [0.25, 0.3) is 0 Å². The summed E-state index contributed by atoms with van der Waals surface area (Å²) in [6.07, 6.45) is 0.811. The number of rotatable bonds is 1. The molecule has 1 atom stereocenters. The zero-order valence-corrected chi connectivity index (χ0v) is 9.19. The number of nitrogens with one attached hydrogen (secondary N) is 1. The Morgan fingerprint density at radius 2 is 2.38 bits per heavy atom. The van der Waals surface area contributed by atoms with Gasteiger partial charge in [0.2, 0.25) is 5.91 Å². The number of carbonyl (C=O) groups excluding carboxylic acids is 1. The van der Waals surface area contributed by atoms with Crippen LogP contribution in [0.1, 0.15) is 5.56 Å². The summed E-state index contributed by atoms with van der Waals surface area (Å²) in [4.78, 5) is 13.9. The maximum absolute atomic E-state index is 11.7. The number of ether oxygens (including phenoxy) is 1. The molecule has 0 bridgehead atoms. The SMILES string of the molecule is COc1ccc2c(c1)N1CCNC(=O)C1C2. The smallest absolute Gasteiger partial charge is 0.243 e. The lowest BCUT2D eigenvalue weighted by atomic mass is 10.1. The van der Waals surface area contributed by atoms with Gasteiger partial charge in [0.15, 0.2) is 0 Å². The van der Waals surface area contributed by atoms with Crippen LogP contribution in [-0.2, 0) is 11.2 Å². The fraction of sp³-hybridized carbons (Fsp3) is 0.417. The highest BCUT2D eigenvalue weighted by molar-refractivity contribution is 5.89. The van der Waals surface area contributed by atoms with Gasteiger partial charge in [0.05, 0.1) is 7.11 Å². The molecule has 3 rings (SSSR count). The normalized spacial score (nSPS) is 22.4. The van der Waals surface area contributed by atoms with Crippen molar-refractivity contribution in [2.24, 2.45) is 0 Å². The summed E-state index contributed by atoms with van der Waals surface area (Å²) in [7, 11) is 1.66. The van der Waals surface area contributed by atoms with Gasteiger partial charge in [0.1, 0.15) is 11.8 Å². The van der Waals surface area contributed by atoms with E-state index >= 15 is 0 Å². The third-order valence-corrected chi connectivity index (χ3v) is 3.35. The van der Waals surface area contributed by atoms with Gasteiger partial charge in [-0.2, -0.15) is 0 Å². The largest absolute Gasteiger partial charge is 0.497 e. The molecule has 0 spiro atoms. The van der Waals surface area contributed by atoms with Crippen LogP contribution in [0.2, 0.25) is 0 Å². The molecular formula is C12H14N2O2. The van der Waals surface area contributed by atoms with Gasteiger partial charge in [-0.1, -0.05) is 6.07 Å². The zero-order valence-electron chi connectivity index (χ0n) is 9.19. The molecule has 1 saturated heterocycles. The van der Waals surface area contributed by atoms with Gasteiger partial charge < -0.3 is 15.0 Å². The molecule has 84 valence electrons. The highest BCUT2D eigenvalue weighted by atomic mass is 16.5. The Morgan fingerprint density at radius 1 is 1.50 bits per heavy atom. The number of piperazine rings is 1. The predicted molar refractivity (Wildman–Crippen MR) is 60.8 cm³/mol. The van der Waals surface area contributed by atoms with Gasteiger partial charge in [-0.25, -0.2) is 0 Å². The van der Waals surface area contributed by atoms with Crippen molar-refractivity contribution in [3.8, 4) is 5.75 Å². The topological polar surface area (TPSA) is 41.6 Å². The Kier molecular flexibility index (Phi) is 2.02. The Hall–Kier alpha value is -1.71. The average molecular weight is 218 g/mol. The molecule has 1 amide bonds. The molecule has 1 fully saturated rings. The van der Waals surface area contributed by atoms with Crippen molar-refractivity contribution in [2.45, 2.75) is 12.5 Å². The van der Waals surface area contributed by atoms with E-state index in [9.17, 15) is 4.79 Å². The number of anilines is 1. The minimum absolute atomic E-state index is 0.0177. The molecule has 4 nitrogen and oxygen atoms in total. The number of benzene rings is 1. The van der Waals surface area contributed by atoms with Gasteiger partial charge in [0.25, 0.3) is 0 Å². The molecule has 1 aromatic carbocycles. The van der Waals surface area contributed by atoms with Crippen molar-refractivity contribution >= 4 is 11.6 Å². The first-order valence-electron chi connectivity index (χ1n) is 5.51. The minimum Gasteiger partial charge on any atom is -0.497 e. The van der Waals surface area contributed by atoms with Crippen LogP contribution in [0, 0.1) is 0 Å². The van der Waals surface area contributed by atoms with Crippen LogP contribution in [0.15, 0.2) is 18.2 Å². The van der Waals surface area contributed by atoms with Crippen LogP contribution in [0.5, 0.6) is 5.75 Å². The highest BCUT2D eigenvalue weighted by Gasteiger charge is 2.36. The molecule has 2 heterocycles. The number of methoxy groups -OCH3 is 1. The monoisotopic (exact) mass is 218 g/mol. The molecular weight excluding hydrogens is 204 g/mol. The van der Waals surface area contributed by atoms with Crippen LogP contribution >= 0.6 is 0 Å². The molecule has 2 aliphatic heterocycles. The van der Waals surface area contributed by atoms with Crippen molar-refractivity contribution in [1.82, 2.24) is 5.32 Å². The lowest BCUT2D eigenvalue weighted by molar-refractivity contribution is -0.123. The van der Waals surface area contributed by atoms with Gasteiger partial charge in [0, 0.05) is 31.3 Å². The second-order valence-corrected chi connectivity index (χ2v) is 4.20. The summed E-state index contributed by atoms with van der Waals surface area (Å²) in [5.74, 6) is 0.992. The molecule has 4 heteroatoms. The van der Waals surface area contributed by atoms with Crippen LogP contribution < -0.4 is 15.0 Å². The van der Waals surface area contributed by atoms with Gasteiger partial charge >= 0.3 is 0 Å². The second kappa shape index (κ2) is 3.40. The number of hydrogen-bond acceptors (Lipinski definition) is 3. The molecule has 0 saturated carbocycles. The minimum atomic E-state index is -0.0177. The van der Waals surface area contributed by atoms with E-state index in [2.05, 4.69) is 16.3 Å². The van der Waals surface area contributed by atoms with E-state index in [0.29, 0.717) is 0 Å². The van der Waals surface area contributed by atoms with E-state index in [0.717, 1.165) is 30.9 Å². The quantitative estimate of drug-likeness (QED) is 0.748. The lowest BCUT2D eigenvalue weighted by Gasteiger charge is -2.31. The number of carbonyl (C=O) groups is 1. The third kappa shape index (κ3) is 1.26. The van der Waals surface area contributed by atoms with E-state index < -0.39 is 0 Å². The number of nitrogens with zero attached hydrogens (tertiary/aromatic N) is 1. The standard InChI is InChI=1S/C12H14N2O2/c1-16-9-3-2-8-6-11-12(15)13-4-5-14(11)10(8)7-9/h2-3,7,11H,4-6H2,1H3,(H,13,15). The summed E-state index contributed by atoms with van der Waals surface area (Å²) in [6, 6.07) is 6.01. The number of amides is 1. The van der Waals surface area contributed by atoms with Crippen LogP contribution in [0.3, 0.4) is 0 Å². The second-order valence-electron chi connectivity index (χ2n) is 4.20. The predicted octanol–water partition coefficient (Wildman–Crippen LogP) is 0.556. The van der Waals surface area contributed by atoms with E-state index in [1.807, 2.05) is 12.1 Å². The van der Waals surface area contributed by atoms with Crippen molar-refractivity contribution in [2.75, 3.05) is 25.1 Å². The molecule has 1 N–H and O–H groups in total. The van der Waals surface area contributed by atoms with Crippen LogP contribution in [-0.4, -0.2) is 32.1 Å². The molecule has 0 aliphatic carbocycles. The fourth-order valence-corrected chi connectivity index (χ4v) is 2.52. The van der Waals surface area contributed by atoms with Gasteiger partial charge in [-0.15, -0.1) is 0 Å². The summed E-state index contributed by atoms with van der Waals surface area (Å²) < 4.78 is 5.22. The van der Waals surface area contributed by atoms with Crippen LogP contribution in [0.4, 0.5) is 5.69 Å². The summed E-state index contributed by atoms with van der Waals surface area (Å²) in [5.41, 5.74) is 2.39. The van der Waals surface area contributed by atoms with Gasteiger partial charge in [-0.3, -0.25) is 4.79 Å². The van der Waals surface area contributed by atoms with E-state index in [-0.39, 0.29) is 11.9 Å². The van der Waals surface area contributed by atoms with E-state index in [1.54, 1.807) is 7.11 Å². The first-order chi connectivity index (χ1) is 7.79. The molecule has 2 aliphatic rings. The molecule has 1 aromatic rings. The zero-order chi connectivity index (χ0) is 11.1. The molecule has 1 unspecified atom stereocenters. The molecule has 0 radical (unpaired) electrons. The summed E-state index contributed by atoms with van der Waals surface area (Å²) >= 11 is 0. The van der Waals surface area contributed by atoms with Crippen molar-refractivity contribution < 1.29 is 9.53 Å². The fourth-order valence-electron chi connectivity index (χ4n) is 2.52. The first kappa shape index (κ1) is 9.51. The van der Waals surface area contributed by atoms with Crippen molar-refractivity contribution in [1.29, 1.82) is 0 Å². The number of hydrogen-bond donors (Lipinski definition) is 1. The van der Waals surface area contributed by atoms with E-state index in [4.69, 9.17) is 4.74 Å². The van der Waals surface area contributed by atoms with Crippen molar-refractivity contribution in [3.63, 3.8) is 0 Å². The summed E-state index contributed by atoms with van der Waals surface area (Å²) in [5, 5.41) is 2.91. The molecule has 0 aromatic heterocycles. The van der Waals surface area contributed by atoms with Crippen molar-refractivity contribution in [3.05, 3.63) is 23.8 Å². The lowest BCUT2D eigenvalue weighted by Crippen LogP contribution is -2.53. The first-order valence-corrected chi connectivity index (χ1v) is 5.51. The molecule has 16 heavy (non-hydrogen) atoms. The Morgan fingerprint density at radius 3 is 3.19 bits per heavy atom. The maximum atomic E-state index is 11.7.